The molecule has 1 aliphatic heterocycles. The number of aromatic carboxylic acids is 1. The zero-order chi connectivity index (χ0) is 30.5. The van der Waals surface area contributed by atoms with Gasteiger partial charge in [0.15, 0.2) is 16.3 Å². The van der Waals surface area contributed by atoms with Gasteiger partial charge in [-0.15, -0.1) is 0 Å². The standard InChI is InChI=1S/C34H25ClN2O6S/c1-41-27-13-9-20(16-28(27)42-2)31-23-11-7-18-5-3-4-6-22(18)30(23)36-34-37(31)32(38)29(44-34)17-21-10-14-26(43-21)19-8-12-25(35)24(15-19)33(39)40/h3-6,8-10,12-17,31H,7,11H2,1-2H3,(H,39,40)/b29-17+/t31-/m1/s1. The minimum absolute atomic E-state index is 0.0175. The van der Waals surface area contributed by atoms with Gasteiger partial charge in [-0.25, -0.2) is 9.79 Å². The maximum atomic E-state index is 14.1. The molecule has 0 bridgehead atoms. The van der Waals surface area contributed by atoms with E-state index in [-0.39, 0.29) is 22.2 Å². The molecule has 0 saturated heterocycles. The quantitative estimate of drug-likeness (QED) is 0.251. The monoisotopic (exact) mass is 624 g/mol. The average molecular weight is 625 g/mol. The maximum Gasteiger partial charge on any atom is 0.337 e. The molecule has 7 rings (SSSR count). The highest BCUT2D eigenvalue weighted by Crippen LogP contribution is 2.42. The van der Waals surface area contributed by atoms with Crippen LogP contribution in [0.15, 0.2) is 92.6 Å². The van der Waals surface area contributed by atoms with Gasteiger partial charge in [0.1, 0.15) is 11.5 Å². The Morgan fingerprint density at radius 2 is 1.86 bits per heavy atom. The Kier molecular flexibility index (Phi) is 6.99. The molecule has 1 N–H and O–H groups in total. The molecule has 0 amide bonds. The van der Waals surface area contributed by atoms with Crippen LogP contribution in [0.3, 0.4) is 0 Å². The lowest BCUT2D eigenvalue weighted by atomic mass is 9.83. The lowest BCUT2D eigenvalue weighted by molar-refractivity contribution is 0.0697. The van der Waals surface area contributed by atoms with Crippen molar-refractivity contribution < 1.29 is 23.8 Å². The van der Waals surface area contributed by atoms with E-state index in [1.807, 2.05) is 30.3 Å². The fourth-order valence-corrected chi connectivity index (χ4v) is 7.08. The lowest BCUT2D eigenvalue weighted by Gasteiger charge is -2.31. The molecule has 2 aromatic heterocycles. The Morgan fingerprint density at radius 3 is 2.66 bits per heavy atom. The number of rotatable bonds is 6. The van der Waals surface area contributed by atoms with E-state index < -0.39 is 5.97 Å². The molecule has 0 radical (unpaired) electrons. The molecule has 5 aromatic rings. The number of nitrogens with zero attached hydrogens (tertiary/aromatic N) is 2. The summed E-state index contributed by atoms with van der Waals surface area (Å²) < 4.78 is 19.4. The molecule has 0 spiro atoms. The number of carboxylic acids is 1. The van der Waals surface area contributed by atoms with E-state index in [9.17, 15) is 14.7 Å². The molecule has 8 nitrogen and oxygen atoms in total. The van der Waals surface area contributed by atoms with Crippen LogP contribution in [0.5, 0.6) is 11.5 Å². The number of carbonyl (C=O) groups is 1. The van der Waals surface area contributed by atoms with Gasteiger partial charge in [-0.05, 0) is 72.0 Å². The molecule has 0 saturated carbocycles. The summed E-state index contributed by atoms with van der Waals surface area (Å²) >= 11 is 7.34. The van der Waals surface area contributed by atoms with Crippen LogP contribution in [0.4, 0.5) is 0 Å². The summed E-state index contributed by atoms with van der Waals surface area (Å²) in [7, 11) is 3.19. The van der Waals surface area contributed by atoms with Crippen molar-refractivity contribution in [3.63, 3.8) is 0 Å². The minimum atomic E-state index is -1.13. The molecular formula is C34H25ClN2O6S. The number of ether oxygens (including phenoxy) is 2. The molecule has 1 aliphatic carbocycles. The number of aryl methyl sites for hydroxylation is 1. The highest BCUT2D eigenvalue weighted by molar-refractivity contribution is 7.07. The van der Waals surface area contributed by atoms with Crippen LogP contribution in [0, 0.1) is 0 Å². The normalized spacial score (nSPS) is 15.7. The lowest BCUT2D eigenvalue weighted by Crippen LogP contribution is -2.38. The number of benzene rings is 3. The molecule has 0 fully saturated rings. The van der Waals surface area contributed by atoms with Crippen LogP contribution in [-0.4, -0.2) is 29.9 Å². The number of aromatic nitrogens is 1. The summed E-state index contributed by atoms with van der Waals surface area (Å²) in [5.41, 5.74) is 5.55. The number of allylic oxidation sites excluding steroid dienone is 1. The summed E-state index contributed by atoms with van der Waals surface area (Å²) in [6, 6.07) is 21.8. The van der Waals surface area contributed by atoms with Crippen LogP contribution >= 0.6 is 22.9 Å². The molecule has 3 aromatic carbocycles. The van der Waals surface area contributed by atoms with Crippen molar-refractivity contribution in [3.8, 4) is 22.8 Å². The van der Waals surface area contributed by atoms with E-state index in [1.54, 1.807) is 43.1 Å². The maximum absolute atomic E-state index is 14.1. The first-order valence-electron chi connectivity index (χ1n) is 13.8. The van der Waals surface area contributed by atoms with E-state index in [4.69, 9.17) is 30.5 Å². The number of hydrogen-bond acceptors (Lipinski definition) is 7. The van der Waals surface area contributed by atoms with Crippen LogP contribution in [0.1, 0.15) is 45.3 Å². The molecule has 0 unspecified atom stereocenters. The molecule has 2 aliphatic rings. The van der Waals surface area contributed by atoms with Gasteiger partial charge >= 0.3 is 5.97 Å². The third-order valence-corrected chi connectivity index (χ3v) is 9.29. The third-order valence-electron chi connectivity index (χ3n) is 7.98. The number of methoxy groups -OCH3 is 2. The number of hydrogen-bond donors (Lipinski definition) is 1. The van der Waals surface area contributed by atoms with Crippen LogP contribution in [-0.2, 0) is 6.42 Å². The van der Waals surface area contributed by atoms with E-state index in [1.165, 1.54) is 29.0 Å². The fraction of sp³-hybridized carbons (Fsp3) is 0.147. The van der Waals surface area contributed by atoms with Crippen LogP contribution < -0.4 is 24.4 Å². The van der Waals surface area contributed by atoms with Gasteiger partial charge in [0.05, 0.1) is 41.1 Å². The number of fused-ring (bicyclic) bond motifs is 3. The highest BCUT2D eigenvalue weighted by Gasteiger charge is 2.33. The van der Waals surface area contributed by atoms with Gasteiger partial charge in [-0.3, -0.25) is 9.36 Å². The van der Waals surface area contributed by atoms with Crippen molar-refractivity contribution >= 4 is 40.7 Å². The molecule has 220 valence electrons. The SMILES string of the molecule is COc1ccc([C@@H]2C3=C(N=c4s/c(=C/c5ccc(-c6ccc(Cl)c(C(=O)O)c6)o5)c(=O)n42)c2ccccc2CC3)cc1OC. The van der Waals surface area contributed by atoms with Gasteiger partial charge in [-0.2, -0.15) is 0 Å². The van der Waals surface area contributed by atoms with Crippen molar-refractivity contribution in [1.29, 1.82) is 0 Å². The summed E-state index contributed by atoms with van der Waals surface area (Å²) in [6.07, 6.45) is 3.31. The molecule has 44 heavy (non-hydrogen) atoms. The van der Waals surface area contributed by atoms with Gasteiger partial charge in [0.25, 0.3) is 5.56 Å². The molecule has 10 heteroatoms. The van der Waals surface area contributed by atoms with Gasteiger partial charge < -0.3 is 19.0 Å². The second-order valence-corrected chi connectivity index (χ2v) is 11.8. The van der Waals surface area contributed by atoms with E-state index in [2.05, 4.69) is 12.1 Å². The Labute approximate surface area is 260 Å². The predicted molar refractivity (Wildman–Crippen MR) is 168 cm³/mol. The van der Waals surface area contributed by atoms with Crippen molar-refractivity contribution in [2.24, 2.45) is 4.99 Å². The first kappa shape index (κ1) is 27.9. The second-order valence-electron chi connectivity index (χ2n) is 10.4. The third kappa shape index (κ3) is 4.65. The van der Waals surface area contributed by atoms with E-state index >= 15 is 0 Å². The molecular weight excluding hydrogens is 600 g/mol. The summed E-state index contributed by atoms with van der Waals surface area (Å²) in [5.74, 6) is 0.974. The molecule has 1 atom stereocenters. The number of thiazole rings is 1. The number of carboxylic acid groups (broad SMARTS) is 1. The smallest absolute Gasteiger partial charge is 0.337 e. The summed E-state index contributed by atoms with van der Waals surface area (Å²) in [4.78, 5) is 31.3. The zero-order valence-corrected chi connectivity index (χ0v) is 25.2. The minimum Gasteiger partial charge on any atom is -0.493 e. The van der Waals surface area contributed by atoms with Crippen molar-refractivity contribution in [2.45, 2.75) is 18.9 Å². The predicted octanol–water partition coefficient (Wildman–Crippen LogP) is 5.95. The van der Waals surface area contributed by atoms with Gasteiger partial charge in [0.2, 0.25) is 0 Å². The topological polar surface area (TPSA) is 103 Å². The zero-order valence-electron chi connectivity index (χ0n) is 23.7. The van der Waals surface area contributed by atoms with Gasteiger partial charge in [0, 0.05) is 17.2 Å². The van der Waals surface area contributed by atoms with E-state index in [0.717, 1.165) is 35.2 Å². The van der Waals surface area contributed by atoms with Crippen LogP contribution in [0.2, 0.25) is 5.02 Å². The summed E-state index contributed by atoms with van der Waals surface area (Å²) in [6.45, 7) is 0. The first-order chi connectivity index (χ1) is 21.4. The Bertz CT molecular complexity index is 2190. The van der Waals surface area contributed by atoms with Crippen molar-refractivity contribution in [3.05, 3.63) is 131 Å². The first-order valence-corrected chi connectivity index (χ1v) is 15.0. The van der Waals surface area contributed by atoms with Crippen molar-refractivity contribution in [2.75, 3.05) is 14.2 Å². The summed E-state index contributed by atoms with van der Waals surface area (Å²) in [5, 5.41) is 9.60. The number of halogens is 1. The van der Waals surface area contributed by atoms with Crippen molar-refractivity contribution in [1.82, 2.24) is 4.57 Å². The number of furan rings is 1. The fourth-order valence-electron chi connectivity index (χ4n) is 5.90. The van der Waals surface area contributed by atoms with E-state index in [0.29, 0.717) is 37.9 Å². The largest absolute Gasteiger partial charge is 0.493 e. The second kappa shape index (κ2) is 11.0. The highest BCUT2D eigenvalue weighted by atomic mass is 35.5. The van der Waals surface area contributed by atoms with Gasteiger partial charge in [-0.1, -0.05) is 53.3 Å². The Balaban J connectivity index is 1.38. The Hall–Kier alpha value is -4.86. The average Bonchev–Trinajstić information content (AvgIpc) is 3.63. The molecule has 3 heterocycles. The van der Waals surface area contributed by atoms with Crippen LogP contribution in [0.25, 0.3) is 23.1 Å². The Morgan fingerprint density at radius 1 is 1.05 bits per heavy atom.